The molecular formula is C45H31BN6+2. The Morgan fingerprint density at radius 1 is 0.577 bits per heavy atom. The predicted molar refractivity (Wildman–Crippen MR) is 208 cm³/mol. The van der Waals surface area contributed by atoms with E-state index in [2.05, 4.69) is 194 Å². The van der Waals surface area contributed by atoms with Crippen LogP contribution >= 0.6 is 0 Å². The molecule has 5 aromatic carbocycles. The van der Waals surface area contributed by atoms with Crippen LogP contribution in [0, 0.1) is 13.8 Å². The van der Waals surface area contributed by atoms with Crippen LogP contribution in [0.15, 0.2) is 152 Å². The van der Waals surface area contributed by atoms with Crippen LogP contribution in [0.3, 0.4) is 0 Å². The molecule has 8 heterocycles. The van der Waals surface area contributed by atoms with E-state index in [1.165, 1.54) is 94.5 Å². The molecule has 0 N–H and O–H groups in total. The van der Waals surface area contributed by atoms with Crippen molar-refractivity contribution in [1.29, 1.82) is 0 Å². The van der Waals surface area contributed by atoms with Gasteiger partial charge in [0.15, 0.2) is 5.69 Å². The number of aromatic nitrogens is 5. The second kappa shape index (κ2) is 9.00. The Bertz CT molecular complexity index is 3150. The zero-order chi connectivity index (χ0) is 34.0. The van der Waals surface area contributed by atoms with Gasteiger partial charge in [0, 0.05) is 23.1 Å². The minimum absolute atomic E-state index is 0.246. The van der Waals surface area contributed by atoms with Gasteiger partial charge in [-0.15, -0.1) is 4.68 Å². The number of rotatable bonds is 2. The van der Waals surface area contributed by atoms with Crippen molar-refractivity contribution in [3.8, 4) is 17.1 Å². The lowest BCUT2D eigenvalue weighted by Gasteiger charge is -2.33. The number of nitrogens with zero attached hydrogens (tertiary/aromatic N) is 6. The third-order valence-electron chi connectivity index (χ3n) is 12.4. The molecule has 242 valence electrons. The van der Waals surface area contributed by atoms with Gasteiger partial charge in [0.2, 0.25) is 12.4 Å². The zero-order valence-electron chi connectivity index (χ0n) is 28.7. The number of hydrogen-bond donors (Lipinski definition) is 0. The van der Waals surface area contributed by atoms with E-state index in [9.17, 15) is 0 Å². The fourth-order valence-electron chi connectivity index (χ4n) is 10.6. The average Bonchev–Trinajstić information content (AvgIpc) is 3.89. The monoisotopic (exact) mass is 666 g/mol. The minimum atomic E-state index is -0.683. The molecule has 4 aliphatic heterocycles. The summed E-state index contributed by atoms with van der Waals surface area (Å²) in [5.74, 6) is 4.64. The summed E-state index contributed by atoms with van der Waals surface area (Å²) in [6.07, 6.45) is 6.85. The summed E-state index contributed by atoms with van der Waals surface area (Å²) in [6.45, 7) is 4.86. The molecule has 9 aromatic rings. The highest BCUT2D eigenvalue weighted by molar-refractivity contribution is 6.82. The Morgan fingerprint density at radius 3 is 2.04 bits per heavy atom. The molecule has 1 atom stereocenters. The molecule has 13 rings (SSSR count). The summed E-state index contributed by atoms with van der Waals surface area (Å²) in [5.41, 5.74) is 15.5. The lowest BCUT2D eigenvalue weighted by molar-refractivity contribution is -0.989. The largest absolute Gasteiger partial charge is 0.394 e. The second-order valence-electron chi connectivity index (χ2n) is 14.7. The number of fused-ring (bicyclic) bond motifs is 10. The van der Waals surface area contributed by atoms with Crippen molar-refractivity contribution < 1.29 is 9.25 Å². The number of anilines is 1. The first kappa shape index (κ1) is 27.2. The van der Waals surface area contributed by atoms with E-state index in [1.54, 1.807) is 0 Å². The lowest BCUT2D eigenvalue weighted by atomic mass is 9.45. The normalized spacial score (nSPS) is 17.3. The molecule has 0 saturated carbocycles. The highest BCUT2D eigenvalue weighted by Crippen LogP contribution is 2.54. The zero-order valence-corrected chi connectivity index (χ0v) is 28.7. The predicted octanol–water partition coefficient (Wildman–Crippen LogP) is 7.43. The van der Waals surface area contributed by atoms with Crippen LogP contribution in [0.1, 0.15) is 22.5 Å². The molecule has 0 amide bonds. The maximum Gasteiger partial charge on any atom is 0.394 e. The van der Waals surface area contributed by atoms with Crippen molar-refractivity contribution in [3.05, 3.63) is 174 Å². The summed E-state index contributed by atoms with van der Waals surface area (Å²) >= 11 is 0. The van der Waals surface area contributed by atoms with Crippen LogP contribution in [0.4, 0.5) is 5.69 Å². The van der Waals surface area contributed by atoms with Crippen molar-refractivity contribution in [3.63, 3.8) is 0 Å². The molecule has 0 fully saturated rings. The number of pyridine rings is 1. The van der Waals surface area contributed by atoms with Gasteiger partial charge in [0.05, 0.1) is 28.3 Å². The molecule has 0 saturated heterocycles. The molecule has 4 aromatic heterocycles. The van der Waals surface area contributed by atoms with Gasteiger partial charge in [-0.05, 0) is 73.9 Å². The van der Waals surface area contributed by atoms with E-state index in [1.807, 2.05) is 0 Å². The van der Waals surface area contributed by atoms with Crippen LogP contribution in [0.5, 0.6) is 0 Å². The van der Waals surface area contributed by atoms with E-state index in [0.29, 0.717) is 0 Å². The van der Waals surface area contributed by atoms with Crippen molar-refractivity contribution in [1.82, 2.24) is 13.8 Å². The van der Waals surface area contributed by atoms with Crippen molar-refractivity contribution in [2.24, 2.45) is 0 Å². The number of hydrogen-bond acceptors (Lipinski definition) is 1. The van der Waals surface area contributed by atoms with Crippen molar-refractivity contribution in [2.75, 3.05) is 4.90 Å². The first-order valence-corrected chi connectivity index (χ1v) is 18.2. The van der Waals surface area contributed by atoms with Gasteiger partial charge in [-0.3, -0.25) is 0 Å². The van der Waals surface area contributed by atoms with Crippen LogP contribution in [-0.2, 0) is 5.66 Å². The van der Waals surface area contributed by atoms with Crippen molar-refractivity contribution >= 4 is 61.6 Å². The van der Waals surface area contributed by atoms with Gasteiger partial charge < -0.3 is 9.47 Å². The van der Waals surface area contributed by atoms with Gasteiger partial charge in [0.1, 0.15) is 33.7 Å². The Balaban J connectivity index is 1.21. The van der Waals surface area contributed by atoms with E-state index < -0.39 is 5.66 Å². The summed E-state index contributed by atoms with van der Waals surface area (Å²) in [5, 5.41) is 5.11. The van der Waals surface area contributed by atoms with Gasteiger partial charge in [-0.25, -0.2) is 0 Å². The van der Waals surface area contributed by atoms with Gasteiger partial charge >= 0.3 is 11.3 Å². The third-order valence-corrected chi connectivity index (χ3v) is 12.4. The maximum absolute atomic E-state index is 2.62. The maximum atomic E-state index is 2.62. The molecule has 0 aliphatic carbocycles. The summed E-state index contributed by atoms with van der Waals surface area (Å²) in [7, 11) is 0. The van der Waals surface area contributed by atoms with Crippen LogP contribution in [0.25, 0.3) is 60.8 Å². The fraction of sp³-hybridized carbons (Fsp3) is 0.0667. The molecule has 6 nitrogen and oxygen atoms in total. The minimum Gasteiger partial charge on any atom is -0.319 e. The smallest absolute Gasteiger partial charge is 0.319 e. The molecule has 0 radical (unpaired) electrons. The Kier molecular flexibility index (Phi) is 4.70. The van der Waals surface area contributed by atoms with E-state index in [0.717, 1.165) is 0 Å². The summed E-state index contributed by atoms with van der Waals surface area (Å²) in [4.78, 5) is 2.33. The van der Waals surface area contributed by atoms with E-state index in [-0.39, 0.29) is 6.71 Å². The molecule has 7 heteroatoms. The third kappa shape index (κ3) is 2.82. The lowest BCUT2D eigenvalue weighted by Crippen LogP contribution is -2.77. The highest BCUT2D eigenvalue weighted by Gasteiger charge is 2.69. The molecule has 0 bridgehead atoms. The van der Waals surface area contributed by atoms with Crippen LogP contribution < -0.4 is 19.6 Å². The Morgan fingerprint density at radius 2 is 1.25 bits per heavy atom. The Labute approximate surface area is 299 Å². The van der Waals surface area contributed by atoms with Gasteiger partial charge in [0.25, 0.3) is 0 Å². The first-order chi connectivity index (χ1) is 25.7. The van der Waals surface area contributed by atoms with Crippen LogP contribution in [-0.4, -0.2) is 20.5 Å². The van der Waals surface area contributed by atoms with Crippen LogP contribution in [0.2, 0.25) is 0 Å². The molecule has 4 aliphatic rings. The second-order valence-corrected chi connectivity index (χ2v) is 14.7. The topological polar surface area (TPSA) is 25.8 Å². The first-order valence-electron chi connectivity index (χ1n) is 18.2. The summed E-state index contributed by atoms with van der Waals surface area (Å²) < 4.78 is 12.8. The number of para-hydroxylation sites is 2. The number of benzene rings is 5. The molecular weight excluding hydrogens is 635 g/mol. The van der Waals surface area contributed by atoms with Crippen molar-refractivity contribution in [2.45, 2.75) is 19.5 Å². The molecule has 1 unspecified atom stereocenters. The SMILES string of the molecule is Cc1c(N2C=CB(c3ccccc3)C=C2)c(C)[n+]2n1-c1ccc3c4ccccc4n4c3c1C21c2c-4cccc2-n2c3ccccc3c3ccc[n+]1c32. The van der Waals surface area contributed by atoms with E-state index in [4.69, 9.17) is 0 Å². The standard InChI is InChI=1S/C45H31BN6/c1-28-42(47-26-23-46(24-27-47)30-12-4-3-5-13-30)29(2)52-45-40-37(49-35-17-8-6-14-31(35)33-21-22-39(51(28)52)41(45)43(33)49)19-10-20-38(40)50-36-18-9-7-15-32(36)34-16-11-25-48(45)44(34)50/h3-27H,1-2H3/q+2. The van der Waals surface area contributed by atoms with Gasteiger partial charge in [-0.2, -0.15) is 9.13 Å². The fourth-order valence-corrected chi connectivity index (χ4v) is 10.6. The van der Waals surface area contributed by atoms with Gasteiger partial charge in [-0.1, -0.05) is 88.8 Å². The molecule has 52 heavy (non-hydrogen) atoms. The summed E-state index contributed by atoms with van der Waals surface area (Å²) in [6, 6.07) is 44.8. The average molecular weight is 667 g/mol. The quantitative estimate of drug-likeness (QED) is 0.139. The van der Waals surface area contributed by atoms with E-state index >= 15 is 0 Å². The molecule has 1 spiro atoms. The highest BCUT2D eigenvalue weighted by atomic mass is 15.6. The Hall–Kier alpha value is -6.60.